The maximum Gasteiger partial charge on any atom is 0.226 e. The predicted molar refractivity (Wildman–Crippen MR) is 101 cm³/mol. The minimum Gasteiger partial charge on any atom is -0.493 e. The van der Waals surface area contributed by atoms with Crippen molar-refractivity contribution in [2.75, 3.05) is 33.8 Å². The van der Waals surface area contributed by atoms with Crippen LogP contribution in [0, 0.1) is 5.92 Å². The van der Waals surface area contributed by atoms with Crippen molar-refractivity contribution in [2.24, 2.45) is 5.92 Å². The van der Waals surface area contributed by atoms with Crippen LogP contribution < -0.4 is 4.74 Å². The van der Waals surface area contributed by atoms with Gasteiger partial charge in [0.1, 0.15) is 5.75 Å². The maximum absolute atomic E-state index is 12.8. The molecular formula is C20H28N4O2. The third kappa shape index (κ3) is 5.08. The van der Waals surface area contributed by atoms with E-state index in [4.69, 9.17) is 4.74 Å². The lowest BCUT2D eigenvalue weighted by molar-refractivity contribution is -0.132. The first kappa shape index (κ1) is 18.5. The SMILES string of the molecule is CN(C)CCC1CN(C(=O)CCOc2ccccc2)Cc2ccnn2C1. The van der Waals surface area contributed by atoms with Crippen LogP contribution in [0.1, 0.15) is 18.5 Å². The monoisotopic (exact) mass is 356 g/mol. The van der Waals surface area contributed by atoms with Gasteiger partial charge < -0.3 is 14.5 Å². The molecule has 1 aliphatic rings. The number of hydrogen-bond acceptors (Lipinski definition) is 4. The van der Waals surface area contributed by atoms with Crippen molar-refractivity contribution < 1.29 is 9.53 Å². The summed E-state index contributed by atoms with van der Waals surface area (Å²) < 4.78 is 7.74. The van der Waals surface area contributed by atoms with Crippen LogP contribution in [0.5, 0.6) is 5.75 Å². The predicted octanol–water partition coefficient (Wildman–Crippen LogP) is 2.26. The molecule has 26 heavy (non-hydrogen) atoms. The van der Waals surface area contributed by atoms with Crippen LogP contribution in [0.4, 0.5) is 0 Å². The molecular weight excluding hydrogens is 328 g/mol. The third-order valence-corrected chi connectivity index (χ3v) is 4.73. The van der Waals surface area contributed by atoms with Gasteiger partial charge >= 0.3 is 0 Å². The van der Waals surface area contributed by atoms with Crippen LogP contribution in [-0.2, 0) is 17.9 Å². The Bertz CT molecular complexity index is 699. The van der Waals surface area contributed by atoms with Gasteiger partial charge in [0.2, 0.25) is 5.91 Å². The van der Waals surface area contributed by atoms with Gasteiger partial charge in [-0.05, 0) is 51.2 Å². The molecule has 1 unspecified atom stereocenters. The lowest BCUT2D eigenvalue weighted by Gasteiger charge is -2.25. The fourth-order valence-corrected chi connectivity index (χ4v) is 3.28. The first-order valence-electron chi connectivity index (χ1n) is 9.23. The maximum atomic E-state index is 12.8. The fraction of sp³-hybridized carbons (Fsp3) is 0.500. The van der Waals surface area contributed by atoms with Crippen molar-refractivity contribution in [1.29, 1.82) is 0 Å². The summed E-state index contributed by atoms with van der Waals surface area (Å²) in [6.45, 7) is 3.70. The minimum absolute atomic E-state index is 0.144. The van der Waals surface area contributed by atoms with E-state index in [1.54, 1.807) is 0 Å². The van der Waals surface area contributed by atoms with Crippen molar-refractivity contribution in [2.45, 2.75) is 25.9 Å². The van der Waals surface area contributed by atoms with E-state index in [1.807, 2.05) is 52.2 Å². The number of hydrogen-bond donors (Lipinski definition) is 0. The normalized spacial score (nSPS) is 17.0. The number of ether oxygens (including phenoxy) is 1. The second-order valence-electron chi connectivity index (χ2n) is 7.15. The molecule has 140 valence electrons. The third-order valence-electron chi connectivity index (χ3n) is 4.73. The Morgan fingerprint density at radius 1 is 1.23 bits per heavy atom. The second kappa shape index (κ2) is 8.85. The van der Waals surface area contributed by atoms with E-state index in [-0.39, 0.29) is 5.91 Å². The van der Waals surface area contributed by atoms with Gasteiger partial charge in [-0.15, -0.1) is 0 Å². The zero-order valence-corrected chi connectivity index (χ0v) is 15.7. The van der Waals surface area contributed by atoms with Crippen LogP contribution in [0.15, 0.2) is 42.6 Å². The highest BCUT2D eigenvalue weighted by Gasteiger charge is 2.25. The zero-order valence-electron chi connectivity index (χ0n) is 15.7. The second-order valence-corrected chi connectivity index (χ2v) is 7.15. The Morgan fingerprint density at radius 2 is 2.04 bits per heavy atom. The van der Waals surface area contributed by atoms with Gasteiger partial charge in [0, 0.05) is 19.3 Å². The van der Waals surface area contributed by atoms with Crippen molar-refractivity contribution in [3.63, 3.8) is 0 Å². The highest BCUT2D eigenvalue weighted by molar-refractivity contribution is 5.76. The van der Waals surface area contributed by atoms with Crippen molar-refractivity contribution in [1.82, 2.24) is 19.6 Å². The fourth-order valence-electron chi connectivity index (χ4n) is 3.28. The van der Waals surface area contributed by atoms with Crippen LogP contribution in [-0.4, -0.2) is 59.3 Å². The highest BCUT2D eigenvalue weighted by Crippen LogP contribution is 2.19. The molecule has 3 rings (SSSR count). The van der Waals surface area contributed by atoms with E-state index in [0.717, 1.165) is 37.5 Å². The Hall–Kier alpha value is -2.34. The first-order chi connectivity index (χ1) is 12.6. The smallest absolute Gasteiger partial charge is 0.226 e. The molecule has 0 saturated carbocycles. The Labute approximate surface area is 155 Å². The summed E-state index contributed by atoms with van der Waals surface area (Å²) in [5, 5.41) is 4.43. The lowest BCUT2D eigenvalue weighted by atomic mass is 10.0. The summed E-state index contributed by atoms with van der Waals surface area (Å²) in [6, 6.07) is 11.6. The summed E-state index contributed by atoms with van der Waals surface area (Å²) in [7, 11) is 4.17. The number of fused-ring (bicyclic) bond motifs is 1. The van der Waals surface area contributed by atoms with Gasteiger partial charge in [0.25, 0.3) is 0 Å². The molecule has 1 atom stereocenters. The van der Waals surface area contributed by atoms with Crippen LogP contribution in [0.25, 0.3) is 0 Å². The molecule has 6 nitrogen and oxygen atoms in total. The molecule has 0 N–H and O–H groups in total. The van der Waals surface area contributed by atoms with Crippen molar-refractivity contribution in [3.8, 4) is 5.75 Å². The molecule has 0 spiro atoms. The molecule has 0 saturated heterocycles. The molecule has 2 heterocycles. The number of aromatic nitrogens is 2. The number of rotatable bonds is 7. The van der Waals surface area contributed by atoms with Gasteiger partial charge in [-0.1, -0.05) is 18.2 Å². The Morgan fingerprint density at radius 3 is 2.81 bits per heavy atom. The average molecular weight is 356 g/mol. The summed E-state index contributed by atoms with van der Waals surface area (Å²) in [5.74, 6) is 1.36. The molecule has 1 amide bonds. The molecule has 0 aliphatic carbocycles. The molecule has 0 radical (unpaired) electrons. The van der Waals surface area contributed by atoms with E-state index in [9.17, 15) is 4.79 Å². The molecule has 1 aromatic carbocycles. The van der Waals surface area contributed by atoms with E-state index >= 15 is 0 Å². The number of carbonyl (C=O) groups is 1. The molecule has 6 heteroatoms. The average Bonchev–Trinajstić information content (AvgIpc) is 2.98. The zero-order chi connectivity index (χ0) is 18.4. The van der Waals surface area contributed by atoms with Crippen LogP contribution in [0.3, 0.4) is 0 Å². The first-order valence-corrected chi connectivity index (χ1v) is 9.23. The summed E-state index contributed by atoms with van der Waals surface area (Å²) in [6.07, 6.45) is 3.27. The van der Waals surface area contributed by atoms with E-state index in [0.29, 0.717) is 25.5 Å². The topological polar surface area (TPSA) is 50.6 Å². The van der Waals surface area contributed by atoms with Crippen molar-refractivity contribution >= 4 is 5.91 Å². The Kier molecular flexibility index (Phi) is 6.28. The highest BCUT2D eigenvalue weighted by atomic mass is 16.5. The van der Waals surface area contributed by atoms with Crippen LogP contribution >= 0.6 is 0 Å². The van der Waals surface area contributed by atoms with Crippen LogP contribution in [0.2, 0.25) is 0 Å². The molecule has 0 bridgehead atoms. The standard InChI is InChI=1S/C20H28N4O2/c1-22(2)12-9-17-14-23(16-18-8-11-21-24(18)15-17)20(25)10-13-26-19-6-4-3-5-7-19/h3-8,11,17H,9-10,12-16H2,1-2H3. The lowest BCUT2D eigenvalue weighted by Crippen LogP contribution is -2.35. The largest absolute Gasteiger partial charge is 0.493 e. The molecule has 1 aromatic heterocycles. The number of carbonyl (C=O) groups excluding carboxylic acids is 1. The van der Waals surface area contributed by atoms with Gasteiger partial charge in [-0.25, -0.2) is 0 Å². The molecule has 1 aliphatic heterocycles. The summed E-state index contributed by atoms with van der Waals surface area (Å²) in [5.41, 5.74) is 1.11. The molecule has 2 aromatic rings. The summed E-state index contributed by atoms with van der Waals surface area (Å²) >= 11 is 0. The molecule has 0 fully saturated rings. The van der Waals surface area contributed by atoms with E-state index < -0.39 is 0 Å². The Balaban J connectivity index is 1.58. The summed E-state index contributed by atoms with van der Waals surface area (Å²) in [4.78, 5) is 16.9. The van der Waals surface area contributed by atoms with Gasteiger partial charge in [-0.3, -0.25) is 9.48 Å². The number of amides is 1. The van der Waals surface area contributed by atoms with Crippen molar-refractivity contribution in [3.05, 3.63) is 48.3 Å². The van der Waals surface area contributed by atoms with Gasteiger partial charge in [0.15, 0.2) is 0 Å². The number of nitrogens with zero attached hydrogens (tertiary/aromatic N) is 4. The minimum atomic E-state index is 0.144. The van der Waals surface area contributed by atoms with E-state index in [1.165, 1.54) is 0 Å². The quantitative estimate of drug-likeness (QED) is 0.764. The van der Waals surface area contributed by atoms with Gasteiger partial charge in [0.05, 0.1) is 25.3 Å². The van der Waals surface area contributed by atoms with E-state index in [2.05, 4.69) is 24.1 Å². The number of benzene rings is 1. The van der Waals surface area contributed by atoms with Gasteiger partial charge in [-0.2, -0.15) is 5.10 Å². The number of para-hydroxylation sites is 1.